The fourth-order valence-corrected chi connectivity index (χ4v) is 4.04. The summed E-state index contributed by atoms with van der Waals surface area (Å²) in [6.07, 6.45) is -1.72. The number of nitrogens with one attached hydrogen (secondary N) is 1. The van der Waals surface area contributed by atoms with Gasteiger partial charge in [-0.25, -0.2) is 27.9 Å². The molecule has 0 saturated carbocycles. The van der Waals surface area contributed by atoms with Crippen molar-refractivity contribution < 1.29 is 36.2 Å². The first-order valence-corrected chi connectivity index (χ1v) is 12.2. The van der Waals surface area contributed by atoms with Crippen molar-refractivity contribution in [1.29, 1.82) is 5.26 Å². The van der Waals surface area contributed by atoms with Crippen molar-refractivity contribution in [2.45, 2.75) is 12.7 Å². The van der Waals surface area contributed by atoms with E-state index in [0.29, 0.717) is 60.5 Å². The maximum absolute atomic E-state index is 14.1. The number of nitrogens with zero attached hydrogens (tertiary/aromatic N) is 6. The van der Waals surface area contributed by atoms with Gasteiger partial charge in [-0.3, -0.25) is 9.88 Å². The maximum atomic E-state index is 14.1. The Morgan fingerprint density at radius 1 is 0.976 bits per heavy atom. The van der Waals surface area contributed by atoms with Crippen molar-refractivity contribution in [2.24, 2.45) is 0 Å². The minimum absolute atomic E-state index is 0.116. The van der Waals surface area contributed by atoms with Crippen LogP contribution in [0.1, 0.15) is 11.1 Å². The zero-order valence-electron chi connectivity index (χ0n) is 21.5. The predicted molar refractivity (Wildman–Crippen MR) is 139 cm³/mol. The Bertz CT molecular complexity index is 1620. The lowest BCUT2D eigenvalue weighted by Gasteiger charge is -2.36. The second-order valence-corrected chi connectivity index (χ2v) is 9.00. The summed E-state index contributed by atoms with van der Waals surface area (Å²) in [6.45, 7) is 2.41. The van der Waals surface area contributed by atoms with Gasteiger partial charge in [0.05, 0.1) is 34.6 Å². The molecule has 1 aliphatic heterocycles. The van der Waals surface area contributed by atoms with Gasteiger partial charge in [0.25, 0.3) is 0 Å². The average Bonchev–Trinajstić information content (AvgIpc) is 2.96. The Balaban J connectivity index is 0.000000517. The second kappa shape index (κ2) is 12.7. The van der Waals surface area contributed by atoms with Gasteiger partial charge in [0.15, 0.2) is 23.3 Å². The fourth-order valence-electron chi connectivity index (χ4n) is 4.04. The molecule has 0 atom stereocenters. The smallest absolute Gasteiger partial charge is 0.475 e. The molecule has 2 aromatic carbocycles. The van der Waals surface area contributed by atoms with E-state index in [1.807, 2.05) is 17.0 Å². The highest BCUT2D eigenvalue weighted by molar-refractivity contribution is 5.83. The van der Waals surface area contributed by atoms with Crippen LogP contribution in [0.25, 0.3) is 11.0 Å². The van der Waals surface area contributed by atoms with Gasteiger partial charge in [0, 0.05) is 50.6 Å². The fraction of sp³-hybridized carbons (Fsp3) is 0.222. The first kappa shape index (κ1) is 30.0. The molecule has 42 heavy (non-hydrogen) atoms. The van der Waals surface area contributed by atoms with Crippen LogP contribution in [-0.4, -0.2) is 63.3 Å². The van der Waals surface area contributed by atoms with Gasteiger partial charge in [0.2, 0.25) is 0 Å². The number of aliphatic carboxylic acids is 1. The number of piperazine rings is 1. The lowest BCUT2D eigenvalue weighted by Crippen LogP contribution is -2.46. The monoisotopic (exact) mass is 589 g/mol. The molecular formula is C27H21F6N7O2. The molecule has 218 valence electrons. The first-order chi connectivity index (χ1) is 19.9. The van der Waals surface area contributed by atoms with Crippen LogP contribution < -0.4 is 10.2 Å². The lowest BCUT2D eigenvalue weighted by molar-refractivity contribution is -0.192. The normalized spacial score (nSPS) is 13.7. The molecule has 0 spiro atoms. The van der Waals surface area contributed by atoms with E-state index in [9.17, 15) is 31.6 Å². The summed E-state index contributed by atoms with van der Waals surface area (Å²) in [4.78, 5) is 26.6. The van der Waals surface area contributed by atoms with E-state index >= 15 is 0 Å². The number of benzene rings is 2. The number of halogens is 6. The number of pyridine rings is 1. The van der Waals surface area contributed by atoms with E-state index in [1.54, 1.807) is 30.6 Å². The van der Waals surface area contributed by atoms with E-state index in [0.717, 1.165) is 11.8 Å². The van der Waals surface area contributed by atoms with Crippen molar-refractivity contribution in [2.75, 3.05) is 36.4 Å². The third-order valence-corrected chi connectivity index (χ3v) is 6.10. The summed E-state index contributed by atoms with van der Waals surface area (Å²) >= 11 is 0. The summed E-state index contributed by atoms with van der Waals surface area (Å²) in [5.74, 6) is -4.60. The third-order valence-electron chi connectivity index (χ3n) is 6.10. The van der Waals surface area contributed by atoms with E-state index in [4.69, 9.17) is 19.9 Å². The van der Waals surface area contributed by atoms with Crippen molar-refractivity contribution in [1.82, 2.24) is 19.9 Å². The number of hydrogen-bond donors (Lipinski definition) is 2. The Morgan fingerprint density at radius 3 is 2.29 bits per heavy atom. The molecule has 9 nitrogen and oxygen atoms in total. The zero-order chi connectivity index (χ0) is 30.4. The minimum Gasteiger partial charge on any atom is -0.475 e. The summed E-state index contributed by atoms with van der Waals surface area (Å²) in [7, 11) is 0. The van der Waals surface area contributed by atoms with Gasteiger partial charge in [-0.1, -0.05) is 0 Å². The van der Waals surface area contributed by atoms with Crippen molar-refractivity contribution >= 4 is 34.3 Å². The number of carboxylic acid groups (broad SMARTS) is 1. The SMILES string of the molecule is N#Cc1ccc2nc(Nc3cccnc3)c(N3CCN(Cc4cc(F)c(F)cc4F)CC3)nc2c1.O=C(O)C(F)(F)F. The van der Waals surface area contributed by atoms with Crippen LogP contribution in [0.2, 0.25) is 0 Å². The van der Waals surface area contributed by atoms with Gasteiger partial charge >= 0.3 is 12.1 Å². The second-order valence-electron chi connectivity index (χ2n) is 9.00. The maximum Gasteiger partial charge on any atom is 0.490 e. The number of alkyl halides is 3. The predicted octanol–water partition coefficient (Wildman–Crippen LogP) is 5.01. The molecule has 5 rings (SSSR count). The minimum atomic E-state index is -5.08. The quantitative estimate of drug-likeness (QED) is 0.245. The Labute approximate surface area is 234 Å². The number of carbonyl (C=O) groups is 1. The molecule has 2 aromatic heterocycles. The highest BCUT2D eigenvalue weighted by atomic mass is 19.4. The van der Waals surface area contributed by atoms with Crippen LogP contribution in [0, 0.1) is 28.8 Å². The average molecular weight is 590 g/mol. The number of carboxylic acids is 1. The molecule has 3 heterocycles. The molecule has 0 bridgehead atoms. The Morgan fingerprint density at radius 2 is 1.67 bits per heavy atom. The Hall–Kier alpha value is -4.97. The largest absolute Gasteiger partial charge is 0.490 e. The van der Waals surface area contributed by atoms with Crippen LogP contribution in [0.3, 0.4) is 0 Å². The standard InChI is InChI=1S/C25H20F3N7.C2HF3O2/c26-19-12-21(28)20(27)11-17(19)15-34-6-8-35(9-7-34)25-24(31-18-2-1-5-30-14-18)32-22-4-3-16(13-29)10-23(22)33-25;3-2(4,5)1(6)7/h1-5,10-12,14H,6-9,15H2,(H,31,32);(H,6,7). The molecule has 2 N–H and O–H groups in total. The molecule has 4 aromatic rings. The van der Waals surface area contributed by atoms with Gasteiger partial charge in [-0.2, -0.15) is 18.4 Å². The van der Waals surface area contributed by atoms with Crippen molar-refractivity contribution in [3.63, 3.8) is 0 Å². The number of aromatic nitrogens is 3. The molecule has 1 aliphatic rings. The van der Waals surface area contributed by atoms with Gasteiger partial charge < -0.3 is 15.3 Å². The number of nitriles is 1. The zero-order valence-corrected chi connectivity index (χ0v) is 21.5. The molecule has 0 radical (unpaired) electrons. The van der Waals surface area contributed by atoms with E-state index in [1.165, 1.54) is 0 Å². The molecule has 1 saturated heterocycles. The molecule has 0 aliphatic carbocycles. The van der Waals surface area contributed by atoms with Crippen LogP contribution in [0.5, 0.6) is 0 Å². The third kappa shape index (κ3) is 7.40. The van der Waals surface area contributed by atoms with E-state index in [-0.39, 0.29) is 12.1 Å². The van der Waals surface area contributed by atoms with Gasteiger partial charge in [-0.15, -0.1) is 0 Å². The van der Waals surface area contributed by atoms with E-state index < -0.39 is 29.6 Å². The number of anilines is 3. The number of hydrogen-bond acceptors (Lipinski definition) is 8. The van der Waals surface area contributed by atoms with E-state index in [2.05, 4.69) is 21.3 Å². The lowest BCUT2D eigenvalue weighted by atomic mass is 10.1. The van der Waals surface area contributed by atoms with Crippen molar-refractivity contribution in [3.8, 4) is 6.07 Å². The molecule has 15 heteroatoms. The Kier molecular flexibility index (Phi) is 9.06. The van der Waals surface area contributed by atoms with Crippen LogP contribution in [0.15, 0.2) is 54.9 Å². The van der Waals surface area contributed by atoms with Crippen LogP contribution in [-0.2, 0) is 11.3 Å². The van der Waals surface area contributed by atoms with Gasteiger partial charge in [-0.05, 0) is 36.4 Å². The number of rotatable bonds is 5. The molecular weight excluding hydrogens is 568 g/mol. The highest BCUT2D eigenvalue weighted by Crippen LogP contribution is 2.29. The summed E-state index contributed by atoms with van der Waals surface area (Å²) in [6, 6.07) is 12.4. The number of fused-ring (bicyclic) bond motifs is 1. The summed E-state index contributed by atoms with van der Waals surface area (Å²) in [5, 5.41) is 19.7. The molecule has 0 unspecified atom stereocenters. The summed E-state index contributed by atoms with van der Waals surface area (Å²) < 4.78 is 72.7. The molecule has 1 fully saturated rings. The highest BCUT2D eigenvalue weighted by Gasteiger charge is 2.38. The first-order valence-electron chi connectivity index (χ1n) is 12.2. The van der Waals surface area contributed by atoms with Crippen molar-refractivity contribution in [3.05, 3.63) is 83.4 Å². The topological polar surface area (TPSA) is 118 Å². The van der Waals surface area contributed by atoms with Crippen LogP contribution in [0.4, 0.5) is 43.7 Å². The van der Waals surface area contributed by atoms with Crippen LogP contribution >= 0.6 is 0 Å². The van der Waals surface area contributed by atoms with Gasteiger partial charge in [0.1, 0.15) is 5.82 Å². The molecule has 0 amide bonds. The summed E-state index contributed by atoms with van der Waals surface area (Å²) in [5.41, 5.74) is 2.60.